The average Bonchev–Trinajstić information content (AvgIpc) is 2.97. The Balaban J connectivity index is 1.45. The highest BCUT2D eigenvalue weighted by atomic mass is 32.1. The normalized spacial score (nSPS) is 16.0. The van der Waals surface area contributed by atoms with Gasteiger partial charge in [0.25, 0.3) is 5.56 Å². The lowest BCUT2D eigenvalue weighted by Crippen LogP contribution is -2.46. The van der Waals surface area contributed by atoms with Crippen LogP contribution in [0.1, 0.15) is 10.7 Å². The van der Waals surface area contributed by atoms with Crippen molar-refractivity contribution in [2.75, 3.05) is 31.1 Å². The number of piperazine rings is 1. The first-order valence-electron chi connectivity index (χ1n) is 7.80. The van der Waals surface area contributed by atoms with Gasteiger partial charge in [-0.25, -0.2) is 15.0 Å². The van der Waals surface area contributed by atoms with Gasteiger partial charge in [-0.1, -0.05) is 11.3 Å². The van der Waals surface area contributed by atoms with Crippen molar-refractivity contribution in [1.82, 2.24) is 29.5 Å². The minimum atomic E-state index is -0.115. The molecule has 1 aliphatic heterocycles. The molecule has 1 aliphatic rings. The number of anilines is 1. The quantitative estimate of drug-likeness (QED) is 0.688. The maximum atomic E-state index is 12.1. The number of nitrogens with zero attached hydrogens (tertiary/aromatic N) is 7. The maximum Gasteiger partial charge on any atom is 0.275 e. The predicted octanol–water partition coefficient (Wildman–Crippen LogP) is 0.572. The summed E-state index contributed by atoms with van der Waals surface area (Å²) in [5, 5.41) is 5.01. The van der Waals surface area contributed by atoms with Crippen molar-refractivity contribution in [2.45, 2.75) is 13.5 Å². The van der Waals surface area contributed by atoms with Gasteiger partial charge in [-0.2, -0.15) is 9.61 Å². The number of hydrogen-bond donors (Lipinski definition) is 0. The van der Waals surface area contributed by atoms with Gasteiger partial charge in [0.15, 0.2) is 0 Å². The molecule has 3 aromatic rings. The molecule has 9 heteroatoms. The fourth-order valence-electron chi connectivity index (χ4n) is 2.82. The minimum absolute atomic E-state index is 0.115. The second kappa shape index (κ2) is 6.25. The van der Waals surface area contributed by atoms with Crippen LogP contribution in [0, 0.1) is 6.92 Å². The van der Waals surface area contributed by atoms with Crippen LogP contribution in [-0.2, 0) is 6.54 Å². The van der Waals surface area contributed by atoms with Gasteiger partial charge in [-0.3, -0.25) is 9.69 Å². The van der Waals surface area contributed by atoms with E-state index in [4.69, 9.17) is 0 Å². The van der Waals surface area contributed by atoms with Crippen LogP contribution in [-0.4, -0.2) is 55.6 Å². The van der Waals surface area contributed by atoms with Crippen molar-refractivity contribution in [3.8, 4) is 0 Å². The van der Waals surface area contributed by atoms with Gasteiger partial charge in [0.2, 0.25) is 10.9 Å². The van der Waals surface area contributed by atoms with E-state index in [1.807, 2.05) is 13.0 Å². The Labute approximate surface area is 142 Å². The number of rotatable bonds is 3. The molecule has 0 radical (unpaired) electrons. The lowest BCUT2D eigenvalue weighted by atomic mass is 10.3. The molecular formula is C15H17N7OS. The molecule has 0 spiro atoms. The Kier molecular flexibility index (Phi) is 3.95. The second-order valence-corrected chi connectivity index (χ2v) is 6.87. The Morgan fingerprint density at radius 2 is 1.92 bits per heavy atom. The topological polar surface area (TPSA) is 79.5 Å². The first-order chi connectivity index (χ1) is 11.7. The summed E-state index contributed by atoms with van der Waals surface area (Å²) in [7, 11) is 0. The summed E-state index contributed by atoms with van der Waals surface area (Å²) >= 11 is 1.44. The van der Waals surface area contributed by atoms with Crippen LogP contribution >= 0.6 is 11.3 Å². The lowest BCUT2D eigenvalue weighted by molar-refractivity contribution is 0.246. The van der Waals surface area contributed by atoms with E-state index in [0.29, 0.717) is 11.5 Å². The average molecular weight is 343 g/mol. The molecule has 0 atom stereocenters. The molecule has 0 N–H and O–H groups in total. The molecule has 0 aromatic carbocycles. The SMILES string of the molecule is Cc1nn2c(=O)cc(CN3CCN(c4ncccn4)CC3)nc2s1. The van der Waals surface area contributed by atoms with Gasteiger partial charge >= 0.3 is 0 Å². The van der Waals surface area contributed by atoms with E-state index in [2.05, 4.69) is 29.9 Å². The zero-order valence-electron chi connectivity index (χ0n) is 13.3. The number of fused-ring (bicyclic) bond motifs is 1. The standard InChI is InChI=1S/C15H17N7OS/c1-11-19-22-13(23)9-12(18-15(22)24-11)10-20-5-7-21(8-6-20)14-16-3-2-4-17-14/h2-4,9H,5-8,10H2,1H3. The third-order valence-corrected chi connectivity index (χ3v) is 4.82. The molecular weight excluding hydrogens is 326 g/mol. The highest BCUT2D eigenvalue weighted by molar-refractivity contribution is 7.16. The molecule has 0 bridgehead atoms. The van der Waals surface area contributed by atoms with Crippen molar-refractivity contribution in [2.24, 2.45) is 0 Å². The smallest absolute Gasteiger partial charge is 0.275 e. The van der Waals surface area contributed by atoms with E-state index in [1.54, 1.807) is 18.5 Å². The van der Waals surface area contributed by atoms with Crippen LogP contribution in [0.5, 0.6) is 0 Å². The third-order valence-electron chi connectivity index (χ3n) is 3.99. The van der Waals surface area contributed by atoms with Crippen molar-refractivity contribution in [3.05, 3.63) is 45.6 Å². The fraction of sp³-hybridized carbons (Fsp3) is 0.400. The first-order valence-corrected chi connectivity index (χ1v) is 8.61. The van der Waals surface area contributed by atoms with Crippen molar-refractivity contribution in [1.29, 1.82) is 0 Å². The molecule has 0 amide bonds. The Bertz CT molecular complexity index is 899. The van der Waals surface area contributed by atoms with Crippen molar-refractivity contribution in [3.63, 3.8) is 0 Å². The molecule has 3 aromatic heterocycles. The first kappa shape index (κ1) is 15.2. The highest BCUT2D eigenvalue weighted by Crippen LogP contribution is 2.13. The largest absolute Gasteiger partial charge is 0.338 e. The molecule has 0 saturated carbocycles. The summed E-state index contributed by atoms with van der Waals surface area (Å²) in [4.78, 5) is 30.4. The summed E-state index contributed by atoms with van der Waals surface area (Å²) in [5.41, 5.74) is 0.684. The lowest BCUT2D eigenvalue weighted by Gasteiger charge is -2.34. The maximum absolute atomic E-state index is 12.1. The van der Waals surface area contributed by atoms with Crippen LogP contribution in [0.2, 0.25) is 0 Å². The van der Waals surface area contributed by atoms with Crippen LogP contribution in [0.3, 0.4) is 0 Å². The molecule has 4 heterocycles. The number of aromatic nitrogens is 5. The molecule has 8 nitrogen and oxygen atoms in total. The second-order valence-electron chi connectivity index (χ2n) is 5.71. The fourth-order valence-corrected chi connectivity index (χ4v) is 3.59. The monoisotopic (exact) mass is 343 g/mol. The van der Waals surface area contributed by atoms with E-state index in [0.717, 1.165) is 42.8 Å². The van der Waals surface area contributed by atoms with Crippen molar-refractivity contribution >= 4 is 22.2 Å². The summed E-state index contributed by atoms with van der Waals surface area (Å²) in [6.07, 6.45) is 3.52. The van der Waals surface area contributed by atoms with Gasteiger partial charge in [0.1, 0.15) is 5.01 Å². The van der Waals surface area contributed by atoms with E-state index in [9.17, 15) is 4.79 Å². The molecule has 1 saturated heterocycles. The van der Waals surface area contributed by atoms with Crippen LogP contribution < -0.4 is 10.5 Å². The van der Waals surface area contributed by atoms with Gasteiger partial charge < -0.3 is 4.90 Å². The number of aryl methyl sites for hydroxylation is 1. The summed E-state index contributed by atoms with van der Waals surface area (Å²) in [6, 6.07) is 3.40. The van der Waals surface area contributed by atoms with E-state index in [1.165, 1.54) is 15.9 Å². The van der Waals surface area contributed by atoms with Gasteiger partial charge in [-0.15, -0.1) is 0 Å². The summed E-state index contributed by atoms with van der Waals surface area (Å²) in [6.45, 7) is 6.06. The molecule has 0 aliphatic carbocycles. The molecule has 0 unspecified atom stereocenters. The van der Waals surface area contributed by atoms with Gasteiger partial charge in [-0.05, 0) is 13.0 Å². The summed E-state index contributed by atoms with van der Waals surface area (Å²) < 4.78 is 1.37. The molecule has 124 valence electrons. The zero-order chi connectivity index (χ0) is 16.5. The van der Waals surface area contributed by atoms with Crippen molar-refractivity contribution < 1.29 is 0 Å². The Hall–Kier alpha value is -2.39. The minimum Gasteiger partial charge on any atom is -0.338 e. The molecule has 4 rings (SSSR count). The van der Waals surface area contributed by atoms with E-state index >= 15 is 0 Å². The van der Waals surface area contributed by atoms with Gasteiger partial charge in [0.05, 0.1) is 5.69 Å². The highest BCUT2D eigenvalue weighted by Gasteiger charge is 2.19. The van der Waals surface area contributed by atoms with Crippen LogP contribution in [0.15, 0.2) is 29.3 Å². The third kappa shape index (κ3) is 3.00. The predicted molar refractivity (Wildman–Crippen MR) is 91.4 cm³/mol. The molecule has 24 heavy (non-hydrogen) atoms. The summed E-state index contributed by atoms with van der Waals surface area (Å²) in [5.74, 6) is 0.773. The number of hydrogen-bond acceptors (Lipinski definition) is 8. The van der Waals surface area contributed by atoms with Crippen LogP contribution in [0.25, 0.3) is 4.96 Å². The Morgan fingerprint density at radius 1 is 1.17 bits per heavy atom. The van der Waals surface area contributed by atoms with E-state index < -0.39 is 0 Å². The van der Waals surface area contributed by atoms with Gasteiger partial charge in [0, 0.05) is 51.2 Å². The Morgan fingerprint density at radius 3 is 2.67 bits per heavy atom. The zero-order valence-corrected chi connectivity index (χ0v) is 14.1. The molecule has 1 fully saturated rings. The van der Waals surface area contributed by atoms with Crippen LogP contribution in [0.4, 0.5) is 5.95 Å². The van der Waals surface area contributed by atoms with E-state index in [-0.39, 0.29) is 5.56 Å².